The van der Waals surface area contributed by atoms with E-state index in [4.69, 9.17) is 4.74 Å². The van der Waals surface area contributed by atoms with Gasteiger partial charge >= 0.3 is 0 Å². The van der Waals surface area contributed by atoms with Gasteiger partial charge < -0.3 is 15.0 Å². The Kier molecular flexibility index (Phi) is 11.8. The molecule has 0 unspecified atom stereocenters. The van der Waals surface area contributed by atoms with Crippen molar-refractivity contribution in [2.75, 3.05) is 30.8 Å². The lowest BCUT2D eigenvalue weighted by Gasteiger charge is -2.33. The van der Waals surface area contributed by atoms with Gasteiger partial charge in [-0.3, -0.25) is 13.9 Å². The van der Waals surface area contributed by atoms with Crippen LogP contribution in [-0.2, 0) is 39.0 Å². The molecule has 220 valence electrons. The number of hydrogen-bond donors (Lipinski definition) is 1. The van der Waals surface area contributed by atoms with E-state index in [1.165, 1.54) is 4.90 Å². The van der Waals surface area contributed by atoms with Crippen molar-refractivity contribution in [3.63, 3.8) is 0 Å². The first-order chi connectivity index (χ1) is 19.7. The predicted molar refractivity (Wildman–Crippen MR) is 163 cm³/mol. The molecular formula is C32H41N3O5S. The van der Waals surface area contributed by atoms with Gasteiger partial charge in [0.05, 0.1) is 19.1 Å². The molecule has 8 nitrogen and oxygen atoms in total. The van der Waals surface area contributed by atoms with Gasteiger partial charge in [-0.25, -0.2) is 8.42 Å². The van der Waals surface area contributed by atoms with Crippen LogP contribution in [0.15, 0.2) is 78.9 Å². The Balaban J connectivity index is 2.03. The molecule has 3 rings (SSSR count). The highest BCUT2D eigenvalue weighted by Gasteiger charge is 2.33. The second-order valence-corrected chi connectivity index (χ2v) is 11.9. The normalized spacial score (nSPS) is 11.9. The molecule has 41 heavy (non-hydrogen) atoms. The van der Waals surface area contributed by atoms with Crippen molar-refractivity contribution in [2.24, 2.45) is 0 Å². The Morgan fingerprint density at radius 2 is 1.59 bits per heavy atom. The van der Waals surface area contributed by atoms with Crippen molar-refractivity contribution in [1.29, 1.82) is 0 Å². The standard InChI is InChI=1S/C32H41N3O5S/c1-5-7-20-33-32(37)30(22-26-12-9-8-10-13-26)34(23-27-14-11-15-29(21-27)40-3)31(36)24-35(41(4,38)39)28-18-16-25(6-2)17-19-28/h8-19,21,30H,5-7,20,22-24H2,1-4H3,(H,33,37)/t30-/m0/s1. The molecule has 3 aromatic carbocycles. The van der Waals surface area contributed by atoms with Gasteiger partial charge in [-0.15, -0.1) is 0 Å². The fourth-order valence-corrected chi connectivity index (χ4v) is 5.39. The molecule has 0 aliphatic rings. The number of nitrogens with zero attached hydrogens (tertiary/aromatic N) is 2. The summed E-state index contributed by atoms with van der Waals surface area (Å²) < 4.78 is 32.3. The van der Waals surface area contributed by atoms with E-state index < -0.39 is 28.5 Å². The highest BCUT2D eigenvalue weighted by Crippen LogP contribution is 2.22. The van der Waals surface area contributed by atoms with Crippen molar-refractivity contribution < 1.29 is 22.7 Å². The number of hydrogen-bond acceptors (Lipinski definition) is 5. The van der Waals surface area contributed by atoms with E-state index in [-0.39, 0.29) is 18.9 Å². The third kappa shape index (κ3) is 9.35. The second-order valence-electron chi connectivity index (χ2n) is 10.0. The summed E-state index contributed by atoms with van der Waals surface area (Å²) in [6, 6.07) is 23.1. The molecule has 0 bridgehead atoms. The van der Waals surface area contributed by atoms with E-state index in [1.54, 1.807) is 25.3 Å². The number of unbranched alkanes of at least 4 members (excludes halogenated alkanes) is 1. The average molecular weight is 580 g/mol. The molecule has 0 fully saturated rings. The van der Waals surface area contributed by atoms with Crippen LogP contribution in [0.1, 0.15) is 43.4 Å². The van der Waals surface area contributed by atoms with Crippen LogP contribution in [0.3, 0.4) is 0 Å². The largest absolute Gasteiger partial charge is 0.497 e. The Labute approximate surface area is 244 Å². The molecule has 0 aliphatic heterocycles. The summed E-state index contributed by atoms with van der Waals surface area (Å²) in [5, 5.41) is 2.99. The molecule has 1 N–H and O–H groups in total. The van der Waals surface area contributed by atoms with Crippen molar-refractivity contribution in [3.05, 3.63) is 95.6 Å². The molecule has 3 aromatic rings. The van der Waals surface area contributed by atoms with E-state index in [2.05, 4.69) is 5.32 Å². The Morgan fingerprint density at radius 1 is 0.902 bits per heavy atom. The number of carbonyl (C=O) groups excluding carboxylic acids is 2. The van der Waals surface area contributed by atoms with E-state index in [9.17, 15) is 18.0 Å². The van der Waals surface area contributed by atoms with Crippen LogP contribution in [0, 0.1) is 0 Å². The van der Waals surface area contributed by atoms with Crippen LogP contribution in [0.5, 0.6) is 5.75 Å². The van der Waals surface area contributed by atoms with E-state index in [1.807, 2.05) is 74.5 Å². The minimum absolute atomic E-state index is 0.0983. The first kappa shape index (κ1) is 31.7. The number of benzene rings is 3. The summed E-state index contributed by atoms with van der Waals surface area (Å²) >= 11 is 0. The lowest BCUT2D eigenvalue weighted by molar-refractivity contribution is -0.140. The lowest BCUT2D eigenvalue weighted by Crippen LogP contribution is -2.53. The highest BCUT2D eigenvalue weighted by atomic mass is 32.2. The minimum atomic E-state index is -3.81. The zero-order chi connectivity index (χ0) is 29.8. The smallest absolute Gasteiger partial charge is 0.244 e. The monoisotopic (exact) mass is 579 g/mol. The molecule has 0 heterocycles. The van der Waals surface area contributed by atoms with Gasteiger partial charge in [0, 0.05) is 19.5 Å². The minimum Gasteiger partial charge on any atom is -0.497 e. The third-order valence-corrected chi connectivity index (χ3v) is 8.04. The van der Waals surface area contributed by atoms with Crippen LogP contribution in [-0.4, -0.2) is 57.6 Å². The molecule has 0 saturated carbocycles. The van der Waals surface area contributed by atoms with Crippen molar-refractivity contribution in [2.45, 2.75) is 52.1 Å². The Hall–Kier alpha value is -3.85. The predicted octanol–water partition coefficient (Wildman–Crippen LogP) is 4.58. The topological polar surface area (TPSA) is 96.0 Å². The van der Waals surface area contributed by atoms with Gasteiger partial charge in [-0.05, 0) is 53.8 Å². The maximum atomic E-state index is 14.1. The van der Waals surface area contributed by atoms with E-state index >= 15 is 0 Å². The second kappa shape index (κ2) is 15.2. The molecule has 0 spiro atoms. The van der Waals surface area contributed by atoms with Crippen LogP contribution < -0.4 is 14.4 Å². The molecule has 0 radical (unpaired) electrons. The average Bonchev–Trinajstić information content (AvgIpc) is 2.97. The van der Waals surface area contributed by atoms with E-state index in [0.717, 1.165) is 46.5 Å². The third-order valence-electron chi connectivity index (χ3n) is 6.90. The van der Waals surface area contributed by atoms with Crippen molar-refractivity contribution in [1.82, 2.24) is 10.2 Å². The van der Waals surface area contributed by atoms with Crippen LogP contribution >= 0.6 is 0 Å². The summed E-state index contributed by atoms with van der Waals surface area (Å²) in [6.45, 7) is 4.20. The maximum Gasteiger partial charge on any atom is 0.244 e. The maximum absolute atomic E-state index is 14.1. The summed E-state index contributed by atoms with van der Waals surface area (Å²) in [4.78, 5) is 29.3. The number of rotatable bonds is 15. The molecule has 2 amide bonds. The van der Waals surface area contributed by atoms with Crippen LogP contribution in [0.4, 0.5) is 5.69 Å². The number of methoxy groups -OCH3 is 1. The Morgan fingerprint density at radius 3 is 2.20 bits per heavy atom. The molecule has 0 saturated heterocycles. The molecule has 9 heteroatoms. The van der Waals surface area contributed by atoms with Gasteiger partial charge in [0.25, 0.3) is 0 Å². The number of nitrogens with one attached hydrogen (secondary N) is 1. The molecular weight excluding hydrogens is 538 g/mol. The van der Waals surface area contributed by atoms with Crippen molar-refractivity contribution in [3.8, 4) is 5.75 Å². The number of amides is 2. The van der Waals surface area contributed by atoms with Crippen LogP contribution in [0.2, 0.25) is 0 Å². The van der Waals surface area contributed by atoms with Crippen LogP contribution in [0.25, 0.3) is 0 Å². The fraction of sp³-hybridized carbons (Fsp3) is 0.375. The fourth-order valence-electron chi connectivity index (χ4n) is 4.54. The Bertz CT molecular complexity index is 1380. The number of carbonyl (C=O) groups is 2. The zero-order valence-corrected chi connectivity index (χ0v) is 25.2. The number of anilines is 1. The number of sulfonamides is 1. The number of ether oxygens (including phenoxy) is 1. The summed E-state index contributed by atoms with van der Waals surface area (Å²) in [7, 11) is -2.24. The van der Waals surface area contributed by atoms with Gasteiger partial charge in [0.2, 0.25) is 21.8 Å². The molecule has 1 atom stereocenters. The van der Waals surface area contributed by atoms with Gasteiger partial charge in [-0.2, -0.15) is 0 Å². The lowest BCUT2D eigenvalue weighted by atomic mass is 10.0. The SMILES string of the molecule is CCCCNC(=O)[C@H](Cc1ccccc1)N(Cc1cccc(OC)c1)C(=O)CN(c1ccc(CC)cc1)S(C)(=O)=O. The van der Waals surface area contributed by atoms with Gasteiger partial charge in [0.15, 0.2) is 0 Å². The van der Waals surface area contributed by atoms with E-state index in [0.29, 0.717) is 18.0 Å². The van der Waals surface area contributed by atoms with Crippen molar-refractivity contribution >= 4 is 27.5 Å². The first-order valence-corrected chi connectivity index (χ1v) is 15.8. The van der Waals surface area contributed by atoms with Gasteiger partial charge in [-0.1, -0.05) is 74.9 Å². The number of aryl methyl sites for hydroxylation is 1. The van der Waals surface area contributed by atoms with Gasteiger partial charge in [0.1, 0.15) is 18.3 Å². The summed E-state index contributed by atoms with van der Waals surface area (Å²) in [5.41, 5.74) is 3.10. The highest BCUT2D eigenvalue weighted by molar-refractivity contribution is 7.92. The molecule has 0 aromatic heterocycles. The quantitative estimate of drug-likeness (QED) is 0.266. The summed E-state index contributed by atoms with van der Waals surface area (Å²) in [5.74, 6) is -0.142. The molecule has 0 aliphatic carbocycles. The zero-order valence-electron chi connectivity index (χ0n) is 24.4. The first-order valence-electron chi connectivity index (χ1n) is 14.0. The summed E-state index contributed by atoms with van der Waals surface area (Å²) in [6.07, 6.45) is 3.89.